The molecular formula is C30H34N6. The lowest BCUT2D eigenvalue weighted by atomic mass is 9.96. The largest absolute Gasteiger partial charge is 0.341 e. The van der Waals surface area contributed by atoms with Gasteiger partial charge in [-0.15, -0.1) is 0 Å². The molecule has 6 heteroatoms. The number of rotatable bonds is 2. The molecule has 0 spiro atoms. The van der Waals surface area contributed by atoms with E-state index in [1.165, 1.54) is 27.5 Å². The van der Waals surface area contributed by atoms with E-state index in [0.29, 0.717) is 5.92 Å². The summed E-state index contributed by atoms with van der Waals surface area (Å²) < 4.78 is 4.30. The number of nitrogens with zero attached hydrogens (tertiary/aromatic N) is 6. The highest BCUT2D eigenvalue weighted by atomic mass is 15.0. The van der Waals surface area contributed by atoms with E-state index in [1.807, 2.05) is 24.7 Å². The van der Waals surface area contributed by atoms with Gasteiger partial charge in [0.25, 0.3) is 0 Å². The molecule has 184 valence electrons. The van der Waals surface area contributed by atoms with Crippen LogP contribution < -0.4 is 0 Å². The van der Waals surface area contributed by atoms with Gasteiger partial charge in [-0.25, -0.2) is 9.97 Å². The van der Waals surface area contributed by atoms with Crippen LogP contribution in [0.5, 0.6) is 0 Å². The minimum atomic E-state index is -0.0232. The summed E-state index contributed by atoms with van der Waals surface area (Å²) in [4.78, 5) is 18.3. The first kappa shape index (κ1) is 23.9. The molecule has 0 radical (unpaired) electrons. The van der Waals surface area contributed by atoms with Gasteiger partial charge in [-0.05, 0) is 36.6 Å². The second kappa shape index (κ2) is 9.01. The minimum Gasteiger partial charge on any atom is -0.341 e. The molecule has 6 rings (SSSR count). The van der Waals surface area contributed by atoms with Gasteiger partial charge in [-0.1, -0.05) is 52.8 Å². The van der Waals surface area contributed by atoms with E-state index in [1.54, 1.807) is 0 Å². The fraction of sp³-hybridized carbons (Fsp3) is 0.333. The van der Waals surface area contributed by atoms with E-state index in [9.17, 15) is 0 Å². The quantitative estimate of drug-likeness (QED) is 0.267. The zero-order chi connectivity index (χ0) is 25.6. The van der Waals surface area contributed by atoms with Crippen molar-refractivity contribution in [1.82, 2.24) is 29.1 Å². The van der Waals surface area contributed by atoms with Gasteiger partial charge in [-0.2, -0.15) is 0 Å². The Bertz CT molecular complexity index is 1700. The summed E-state index contributed by atoms with van der Waals surface area (Å²) in [6.45, 7) is 10.8. The number of pyridine rings is 2. The molecule has 6 nitrogen and oxygen atoms in total. The Kier molecular flexibility index (Phi) is 5.99. The second-order valence-electron chi connectivity index (χ2n) is 10.6. The maximum atomic E-state index is 4.85. The summed E-state index contributed by atoms with van der Waals surface area (Å²) in [6, 6.07) is 14.7. The molecule has 36 heavy (non-hydrogen) atoms. The van der Waals surface area contributed by atoms with E-state index >= 15 is 0 Å². The van der Waals surface area contributed by atoms with Gasteiger partial charge in [0.1, 0.15) is 11.5 Å². The van der Waals surface area contributed by atoms with Crippen molar-refractivity contribution in [2.24, 2.45) is 14.1 Å². The summed E-state index contributed by atoms with van der Waals surface area (Å²) in [5.74, 6) is 1.40. The number of hydrogen-bond acceptors (Lipinski definition) is 4. The molecule has 0 saturated heterocycles. The first-order chi connectivity index (χ1) is 17.2. The van der Waals surface area contributed by atoms with Gasteiger partial charge in [0.15, 0.2) is 0 Å². The fourth-order valence-corrected chi connectivity index (χ4v) is 4.69. The zero-order valence-corrected chi connectivity index (χ0v) is 22.2. The maximum absolute atomic E-state index is 4.85. The fourth-order valence-electron chi connectivity index (χ4n) is 4.69. The molecular weight excluding hydrogens is 444 g/mol. The normalized spacial score (nSPS) is 12.9. The van der Waals surface area contributed by atoms with Crippen LogP contribution in [-0.2, 0) is 19.5 Å². The number of para-hydroxylation sites is 1. The van der Waals surface area contributed by atoms with Crippen molar-refractivity contribution in [1.29, 1.82) is 0 Å². The van der Waals surface area contributed by atoms with Crippen LogP contribution in [0.3, 0.4) is 0 Å². The van der Waals surface area contributed by atoms with Crippen molar-refractivity contribution in [2.45, 2.75) is 52.4 Å². The molecule has 5 heterocycles. The van der Waals surface area contributed by atoms with Crippen molar-refractivity contribution >= 4 is 43.9 Å². The standard InChI is InChI=1S/2C15H17N3/c1-15(2,3)14-16-9-11-10-7-5-6-8-12(10)18(4)13(11)17-14;1-4-10(2)12-5-6-13-15(17-12)11-7-8-16-9-14(11)18(13)3/h5-9H,1-4H3;5-10H,4H2,1-3H3. The molecule has 0 aliphatic rings. The maximum Gasteiger partial charge on any atom is 0.144 e. The Labute approximate surface area is 212 Å². The Morgan fingerprint density at radius 1 is 0.806 bits per heavy atom. The van der Waals surface area contributed by atoms with Gasteiger partial charge in [0.05, 0.1) is 28.3 Å². The van der Waals surface area contributed by atoms with Gasteiger partial charge in [0, 0.05) is 53.8 Å². The van der Waals surface area contributed by atoms with Crippen molar-refractivity contribution in [2.75, 3.05) is 0 Å². The topological polar surface area (TPSA) is 61.4 Å². The molecule has 0 aliphatic carbocycles. The lowest BCUT2D eigenvalue weighted by Crippen LogP contribution is -2.16. The van der Waals surface area contributed by atoms with Gasteiger partial charge >= 0.3 is 0 Å². The minimum absolute atomic E-state index is 0.0232. The molecule has 1 atom stereocenters. The van der Waals surface area contributed by atoms with Crippen molar-refractivity contribution in [3.8, 4) is 0 Å². The molecule has 0 bridgehead atoms. The predicted octanol–water partition coefficient (Wildman–Crippen LogP) is 7.05. The lowest BCUT2D eigenvalue weighted by molar-refractivity contribution is 0.547. The monoisotopic (exact) mass is 478 g/mol. The van der Waals surface area contributed by atoms with Crippen LogP contribution in [0.4, 0.5) is 0 Å². The van der Waals surface area contributed by atoms with Crippen LogP contribution in [0.1, 0.15) is 58.5 Å². The molecule has 1 aromatic carbocycles. The first-order valence-electron chi connectivity index (χ1n) is 12.6. The van der Waals surface area contributed by atoms with Crippen LogP contribution in [0.25, 0.3) is 43.9 Å². The Morgan fingerprint density at radius 2 is 1.58 bits per heavy atom. The van der Waals surface area contributed by atoms with E-state index < -0.39 is 0 Å². The third-order valence-electron chi connectivity index (χ3n) is 7.10. The average Bonchev–Trinajstić information content (AvgIpc) is 3.34. The number of aryl methyl sites for hydroxylation is 2. The molecule has 0 saturated carbocycles. The van der Waals surface area contributed by atoms with Crippen molar-refractivity contribution < 1.29 is 0 Å². The van der Waals surface area contributed by atoms with E-state index in [-0.39, 0.29) is 5.41 Å². The number of fused-ring (bicyclic) bond motifs is 6. The average molecular weight is 479 g/mol. The number of aromatic nitrogens is 6. The van der Waals surface area contributed by atoms with Crippen LogP contribution in [0.2, 0.25) is 0 Å². The first-order valence-corrected chi connectivity index (χ1v) is 12.6. The summed E-state index contributed by atoms with van der Waals surface area (Å²) >= 11 is 0. The third kappa shape index (κ3) is 4.00. The Balaban J connectivity index is 0.000000148. The second-order valence-corrected chi connectivity index (χ2v) is 10.6. The lowest BCUT2D eigenvalue weighted by Gasteiger charge is -2.15. The summed E-state index contributed by atoms with van der Waals surface area (Å²) in [5, 5.41) is 3.53. The predicted molar refractivity (Wildman–Crippen MR) is 149 cm³/mol. The summed E-state index contributed by atoms with van der Waals surface area (Å²) in [5.41, 5.74) is 6.77. The van der Waals surface area contributed by atoms with Crippen molar-refractivity contribution in [3.05, 3.63) is 72.6 Å². The smallest absolute Gasteiger partial charge is 0.144 e. The van der Waals surface area contributed by atoms with Crippen LogP contribution in [0.15, 0.2) is 61.1 Å². The molecule has 0 fully saturated rings. The molecule has 0 N–H and O–H groups in total. The van der Waals surface area contributed by atoms with E-state index in [2.05, 4.69) is 104 Å². The highest BCUT2D eigenvalue weighted by molar-refractivity contribution is 6.06. The zero-order valence-electron chi connectivity index (χ0n) is 22.2. The number of hydrogen-bond donors (Lipinski definition) is 0. The summed E-state index contributed by atoms with van der Waals surface area (Å²) in [6.07, 6.45) is 6.80. The highest BCUT2D eigenvalue weighted by Crippen LogP contribution is 2.29. The van der Waals surface area contributed by atoms with Crippen LogP contribution in [0, 0.1) is 0 Å². The SMILES string of the molecule is CCC(C)c1ccc2c(n1)c1ccncc1n2C.Cn1c2ccccc2c2cnc(C(C)(C)C)nc21. The highest BCUT2D eigenvalue weighted by Gasteiger charge is 2.19. The van der Waals surface area contributed by atoms with Crippen molar-refractivity contribution in [3.63, 3.8) is 0 Å². The van der Waals surface area contributed by atoms with Crippen LogP contribution >= 0.6 is 0 Å². The number of benzene rings is 1. The van der Waals surface area contributed by atoms with Gasteiger partial charge in [0.2, 0.25) is 0 Å². The molecule has 0 amide bonds. The van der Waals surface area contributed by atoms with E-state index in [4.69, 9.17) is 9.97 Å². The Morgan fingerprint density at radius 3 is 2.33 bits per heavy atom. The Hall–Kier alpha value is -3.80. The van der Waals surface area contributed by atoms with Crippen LogP contribution in [-0.4, -0.2) is 29.1 Å². The third-order valence-corrected chi connectivity index (χ3v) is 7.10. The van der Waals surface area contributed by atoms with E-state index in [0.717, 1.165) is 34.3 Å². The molecule has 0 aliphatic heterocycles. The summed E-state index contributed by atoms with van der Waals surface area (Å²) in [7, 11) is 4.13. The molecule has 5 aromatic heterocycles. The molecule has 6 aromatic rings. The molecule has 1 unspecified atom stereocenters. The van der Waals surface area contributed by atoms with Gasteiger partial charge in [-0.3, -0.25) is 9.97 Å². The van der Waals surface area contributed by atoms with Gasteiger partial charge < -0.3 is 9.13 Å².